The molecule has 5 rings (SSSR count). The van der Waals surface area contributed by atoms with Crippen molar-refractivity contribution >= 4 is 5.97 Å². The van der Waals surface area contributed by atoms with Gasteiger partial charge in [0.25, 0.3) is 0 Å². The maximum atomic E-state index is 15.0. The van der Waals surface area contributed by atoms with Gasteiger partial charge in [-0.1, -0.05) is 31.9 Å². The monoisotopic (exact) mass is 578 g/mol. The predicted octanol–water partition coefficient (Wildman–Crippen LogP) is 5.71. The zero-order valence-corrected chi connectivity index (χ0v) is 25.3. The molecule has 1 aromatic heterocycles. The second-order valence-corrected chi connectivity index (χ2v) is 12.7. The van der Waals surface area contributed by atoms with Crippen LogP contribution in [0.1, 0.15) is 87.8 Å². The molecule has 2 aromatic rings. The van der Waals surface area contributed by atoms with Gasteiger partial charge in [-0.05, 0) is 76.1 Å². The molecule has 2 aliphatic heterocycles. The molecule has 0 radical (unpaired) electrons. The van der Waals surface area contributed by atoms with Crippen LogP contribution in [0, 0.1) is 23.1 Å². The number of carbonyl (C=O) groups excluding carboxylic acids is 1. The minimum Gasteiger partial charge on any atom is -0.512 e. The van der Waals surface area contributed by atoms with Crippen molar-refractivity contribution in [1.29, 1.82) is 5.26 Å². The number of hydrogen-bond donors (Lipinski definition) is 1. The summed E-state index contributed by atoms with van der Waals surface area (Å²) >= 11 is 0. The van der Waals surface area contributed by atoms with Crippen molar-refractivity contribution in [3.8, 4) is 6.07 Å². The predicted molar refractivity (Wildman–Crippen MR) is 156 cm³/mol. The summed E-state index contributed by atoms with van der Waals surface area (Å²) < 4.78 is 28.9. The summed E-state index contributed by atoms with van der Waals surface area (Å²) in [5.74, 6) is -0.653. The maximum absolute atomic E-state index is 15.0. The smallest absolute Gasteiger partial charge is 0.338 e. The minimum absolute atomic E-state index is 0.0152. The first kappa shape index (κ1) is 30.2. The van der Waals surface area contributed by atoms with Gasteiger partial charge in [0.15, 0.2) is 0 Å². The molecule has 9 heteroatoms. The van der Waals surface area contributed by atoms with E-state index in [1.54, 1.807) is 19.9 Å². The zero-order valence-electron chi connectivity index (χ0n) is 25.3. The number of aliphatic hydroxyl groups excluding tert-OH is 1. The molecule has 1 N–H and O–H groups in total. The normalized spacial score (nSPS) is 24.2. The first-order valence-corrected chi connectivity index (χ1v) is 15.3. The number of carbonyl (C=O) groups is 1. The molecule has 0 amide bonds. The molecule has 0 bridgehead atoms. The van der Waals surface area contributed by atoms with E-state index in [0.717, 1.165) is 49.0 Å². The lowest BCUT2D eigenvalue weighted by Gasteiger charge is -2.42. The molecule has 2 atom stereocenters. The number of ether oxygens (including phenoxy) is 2. The lowest BCUT2D eigenvalue weighted by molar-refractivity contribution is -0.167. The van der Waals surface area contributed by atoms with E-state index in [9.17, 15) is 19.6 Å². The highest BCUT2D eigenvalue weighted by molar-refractivity contribution is 5.91. The van der Waals surface area contributed by atoms with E-state index in [0.29, 0.717) is 43.6 Å². The Kier molecular flexibility index (Phi) is 8.77. The van der Waals surface area contributed by atoms with Crippen molar-refractivity contribution in [2.24, 2.45) is 5.92 Å². The van der Waals surface area contributed by atoms with Crippen LogP contribution in [0.3, 0.4) is 0 Å². The Morgan fingerprint density at radius 3 is 2.69 bits per heavy atom. The molecule has 2 unspecified atom stereocenters. The van der Waals surface area contributed by atoms with Crippen molar-refractivity contribution in [2.75, 3.05) is 26.8 Å². The van der Waals surface area contributed by atoms with Crippen LogP contribution in [0.2, 0.25) is 0 Å². The Morgan fingerprint density at radius 2 is 2.05 bits per heavy atom. The van der Waals surface area contributed by atoms with Gasteiger partial charge in [-0.25, -0.2) is 9.18 Å². The van der Waals surface area contributed by atoms with Crippen LogP contribution < -0.4 is 0 Å². The number of halogens is 1. The van der Waals surface area contributed by atoms with E-state index < -0.39 is 22.8 Å². The number of esters is 1. The molecule has 3 aliphatic rings. The highest BCUT2D eigenvalue weighted by atomic mass is 19.1. The third kappa shape index (κ3) is 5.97. The van der Waals surface area contributed by atoms with Crippen molar-refractivity contribution in [2.45, 2.75) is 95.7 Å². The Labute approximate surface area is 248 Å². The number of benzene rings is 1. The number of aryl methyl sites for hydroxylation is 2. The summed E-state index contributed by atoms with van der Waals surface area (Å²) in [6, 6.07) is 7.18. The molecule has 1 saturated carbocycles. The van der Waals surface area contributed by atoms with Gasteiger partial charge in [-0.15, -0.1) is 0 Å². The van der Waals surface area contributed by atoms with Gasteiger partial charge < -0.3 is 14.6 Å². The van der Waals surface area contributed by atoms with E-state index in [4.69, 9.17) is 14.6 Å². The first-order chi connectivity index (χ1) is 20.1. The Hall–Kier alpha value is -3.22. The Morgan fingerprint density at radius 1 is 1.29 bits per heavy atom. The maximum Gasteiger partial charge on any atom is 0.338 e. The summed E-state index contributed by atoms with van der Waals surface area (Å²) in [5, 5.41) is 25.6. The van der Waals surface area contributed by atoms with Crippen LogP contribution in [-0.2, 0) is 38.9 Å². The van der Waals surface area contributed by atoms with Crippen molar-refractivity contribution in [3.05, 3.63) is 63.9 Å². The molecule has 1 aromatic carbocycles. The van der Waals surface area contributed by atoms with Crippen molar-refractivity contribution < 1.29 is 23.8 Å². The average molecular weight is 579 g/mol. The third-order valence-corrected chi connectivity index (χ3v) is 9.55. The topological polar surface area (TPSA) is 101 Å². The third-order valence-electron chi connectivity index (χ3n) is 9.55. The second-order valence-electron chi connectivity index (χ2n) is 12.7. The Balaban J connectivity index is 1.37. The van der Waals surface area contributed by atoms with E-state index >= 15 is 0 Å². The molecule has 0 spiro atoms. The number of nitrogens with zero attached hydrogens (tertiary/aromatic N) is 4. The van der Waals surface area contributed by atoms with E-state index in [1.807, 2.05) is 30.9 Å². The fourth-order valence-corrected chi connectivity index (χ4v) is 6.83. The first-order valence-electron chi connectivity index (χ1n) is 15.3. The van der Waals surface area contributed by atoms with Crippen LogP contribution in [-0.4, -0.2) is 58.2 Å². The fourth-order valence-electron chi connectivity index (χ4n) is 6.83. The number of nitriles is 1. The number of hydrogen-bond acceptors (Lipinski definition) is 7. The van der Waals surface area contributed by atoms with Gasteiger partial charge in [0.1, 0.15) is 23.3 Å². The number of aliphatic hydroxyl groups is 1. The van der Waals surface area contributed by atoms with Crippen molar-refractivity contribution in [1.82, 2.24) is 14.7 Å². The standard InChI is InChI=1S/C33H43FN4O4/c1-5-28-23(19-38(36-28)30-20-41-15-14-37(30)4)17-25-29(39)18-33(42-31(25)40,24-8-6-7-9-24)13-12-22-10-11-26(27(34)16-22)32(2,3)21-35/h10-11,16,19,24,30,39H,5-9,12-15,17-18,20H2,1-4H3. The van der Waals surface area contributed by atoms with Gasteiger partial charge in [0.05, 0.1) is 36.0 Å². The van der Waals surface area contributed by atoms with Crippen LogP contribution in [0.25, 0.3) is 0 Å². The fraction of sp³-hybridized carbons (Fsp3) is 0.606. The lowest BCUT2D eigenvalue weighted by atomic mass is 9.76. The van der Waals surface area contributed by atoms with E-state index in [-0.39, 0.29) is 30.7 Å². The van der Waals surface area contributed by atoms with Gasteiger partial charge >= 0.3 is 5.97 Å². The zero-order chi connectivity index (χ0) is 30.1. The van der Waals surface area contributed by atoms with Gasteiger partial charge in [-0.2, -0.15) is 10.4 Å². The molecule has 8 nitrogen and oxygen atoms in total. The summed E-state index contributed by atoms with van der Waals surface area (Å²) in [5.41, 5.74) is 1.48. The number of rotatable bonds is 9. The van der Waals surface area contributed by atoms with E-state index in [1.165, 1.54) is 6.07 Å². The number of aromatic nitrogens is 2. The molecule has 226 valence electrons. The molecule has 1 aliphatic carbocycles. The highest BCUT2D eigenvalue weighted by Crippen LogP contribution is 2.46. The van der Waals surface area contributed by atoms with Crippen LogP contribution in [0.4, 0.5) is 4.39 Å². The number of likely N-dealkylation sites (N-methyl/N-ethyl adjacent to an activating group) is 1. The number of morpholine rings is 1. The largest absolute Gasteiger partial charge is 0.512 e. The molecule has 2 fully saturated rings. The SMILES string of the molecule is CCc1nn(C2COCCN2C)cc1CC1=C(O)CC(CCc2ccc(C(C)(C)C#N)c(F)c2)(C2CCCC2)OC1=O. The minimum atomic E-state index is -0.923. The van der Waals surface area contributed by atoms with Gasteiger partial charge in [-0.3, -0.25) is 9.58 Å². The molecule has 3 heterocycles. The lowest BCUT2D eigenvalue weighted by Crippen LogP contribution is -2.46. The summed E-state index contributed by atoms with van der Waals surface area (Å²) in [6.45, 7) is 7.49. The summed E-state index contributed by atoms with van der Waals surface area (Å²) in [4.78, 5) is 15.8. The Bertz CT molecular complexity index is 1390. The van der Waals surface area contributed by atoms with Gasteiger partial charge in [0.2, 0.25) is 0 Å². The number of cyclic esters (lactones) is 1. The average Bonchev–Trinajstić information content (AvgIpc) is 3.65. The second kappa shape index (κ2) is 12.2. The molecular formula is C33H43FN4O4. The molecular weight excluding hydrogens is 535 g/mol. The van der Waals surface area contributed by atoms with Gasteiger partial charge in [0, 0.05) is 31.1 Å². The van der Waals surface area contributed by atoms with Crippen LogP contribution in [0.5, 0.6) is 0 Å². The van der Waals surface area contributed by atoms with Crippen LogP contribution >= 0.6 is 0 Å². The van der Waals surface area contributed by atoms with Crippen molar-refractivity contribution in [3.63, 3.8) is 0 Å². The summed E-state index contributed by atoms with van der Waals surface area (Å²) in [6.07, 6.45) is 8.16. The molecule has 42 heavy (non-hydrogen) atoms. The quantitative estimate of drug-likeness (QED) is 0.381. The summed E-state index contributed by atoms with van der Waals surface area (Å²) in [7, 11) is 2.05. The molecule has 1 saturated heterocycles. The highest BCUT2D eigenvalue weighted by Gasteiger charge is 2.48. The van der Waals surface area contributed by atoms with E-state index in [2.05, 4.69) is 11.0 Å². The van der Waals surface area contributed by atoms with Crippen LogP contribution in [0.15, 0.2) is 35.7 Å².